The predicted molar refractivity (Wildman–Crippen MR) is 106 cm³/mol. The Morgan fingerprint density at radius 3 is 2.59 bits per heavy atom. The minimum atomic E-state index is -2.58. The molecule has 4 rings (SSSR count). The molecule has 4 amide bonds. The molecule has 0 bridgehead atoms. The Balaban J connectivity index is 2.02. The number of nitrogens with zero attached hydrogens (tertiary/aromatic N) is 4. The van der Waals surface area contributed by atoms with Crippen molar-refractivity contribution in [2.75, 3.05) is 18.5 Å². The fraction of sp³-hybridized carbons (Fsp3) is 0.500. The highest BCUT2D eigenvalue weighted by molar-refractivity contribution is 6.13. The lowest BCUT2D eigenvalue weighted by molar-refractivity contribution is -0.123. The number of imide groups is 1. The summed E-state index contributed by atoms with van der Waals surface area (Å²) in [7, 11) is 1.42. The summed E-state index contributed by atoms with van der Waals surface area (Å²) in [5.74, 6) is -0.0122. The molecule has 2 N–H and O–H groups in total. The molecule has 2 aliphatic rings. The zero-order chi connectivity index (χ0) is 22.9. The van der Waals surface area contributed by atoms with Crippen molar-refractivity contribution in [3.8, 4) is 0 Å². The SMILES string of the molecule is [2H]C([2H])(OC(N)=O)c1nc2c(N3CC(=O)N(C)C3=O)cc(C3CC3)cn2c1C(C)(C)C. The molecule has 2 fully saturated rings. The van der Waals surface area contributed by atoms with Gasteiger partial charge in [-0.05, 0) is 30.4 Å². The molecule has 0 atom stereocenters. The fourth-order valence-corrected chi connectivity index (χ4v) is 3.66. The van der Waals surface area contributed by atoms with Gasteiger partial charge in [-0.2, -0.15) is 0 Å². The Morgan fingerprint density at radius 1 is 1.38 bits per heavy atom. The van der Waals surface area contributed by atoms with Gasteiger partial charge in [0.1, 0.15) is 18.8 Å². The van der Waals surface area contributed by atoms with E-state index in [1.165, 1.54) is 11.9 Å². The molecule has 1 aliphatic carbocycles. The summed E-state index contributed by atoms with van der Waals surface area (Å²) in [5, 5.41) is 0. The summed E-state index contributed by atoms with van der Waals surface area (Å²) in [4.78, 5) is 43.1. The minimum absolute atomic E-state index is 0.0978. The smallest absolute Gasteiger partial charge is 0.404 e. The first-order valence-electron chi connectivity index (χ1n) is 10.4. The van der Waals surface area contributed by atoms with Crippen LogP contribution in [-0.2, 0) is 21.5 Å². The van der Waals surface area contributed by atoms with Gasteiger partial charge in [0.2, 0.25) is 5.91 Å². The first-order chi connectivity index (χ1) is 14.3. The number of ether oxygens (including phenoxy) is 1. The number of urea groups is 1. The van der Waals surface area contributed by atoms with Crippen LogP contribution in [-0.4, -0.2) is 45.9 Å². The van der Waals surface area contributed by atoms with E-state index in [4.69, 9.17) is 13.2 Å². The zero-order valence-electron chi connectivity index (χ0n) is 18.9. The third-order valence-electron chi connectivity index (χ3n) is 5.21. The van der Waals surface area contributed by atoms with Gasteiger partial charge in [0.15, 0.2) is 5.65 Å². The van der Waals surface area contributed by atoms with E-state index >= 15 is 0 Å². The molecule has 0 radical (unpaired) electrons. The van der Waals surface area contributed by atoms with Crippen molar-refractivity contribution in [2.24, 2.45) is 5.73 Å². The Bertz CT molecular complexity index is 1120. The predicted octanol–water partition coefficient (Wildman–Crippen LogP) is 2.50. The van der Waals surface area contributed by atoms with Crippen LogP contribution in [0.4, 0.5) is 15.3 Å². The number of anilines is 1. The number of imidazole rings is 1. The lowest BCUT2D eigenvalue weighted by Gasteiger charge is -2.22. The number of aromatic nitrogens is 2. The normalized spacial score (nSPS) is 19.0. The van der Waals surface area contributed by atoms with Crippen molar-refractivity contribution in [1.29, 1.82) is 0 Å². The van der Waals surface area contributed by atoms with Gasteiger partial charge in [0.05, 0.1) is 14.1 Å². The maximum Gasteiger partial charge on any atom is 0.404 e. The Labute approximate surface area is 171 Å². The summed E-state index contributed by atoms with van der Waals surface area (Å²) >= 11 is 0. The van der Waals surface area contributed by atoms with Crippen molar-refractivity contribution >= 4 is 29.4 Å². The van der Waals surface area contributed by atoms with E-state index in [0.717, 1.165) is 23.3 Å². The van der Waals surface area contributed by atoms with Crippen LogP contribution in [0.5, 0.6) is 0 Å². The molecule has 29 heavy (non-hydrogen) atoms. The number of nitrogens with two attached hydrogens (primary N) is 1. The first-order valence-corrected chi connectivity index (χ1v) is 9.44. The molecule has 2 aromatic rings. The summed E-state index contributed by atoms with van der Waals surface area (Å²) in [5.41, 5.74) is 6.58. The number of carbonyl (C=O) groups excluding carboxylic acids is 3. The number of carbonyl (C=O) groups is 3. The van der Waals surface area contributed by atoms with Crippen molar-refractivity contribution in [3.05, 3.63) is 29.2 Å². The number of amides is 4. The minimum Gasteiger partial charge on any atom is -0.443 e. The second kappa shape index (κ2) is 6.47. The molecule has 0 aromatic carbocycles. The highest BCUT2D eigenvalue weighted by Gasteiger charge is 2.37. The monoisotopic (exact) mass is 401 g/mol. The lowest BCUT2D eigenvalue weighted by atomic mass is 9.90. The van der Waals surface area contributed by atoms with Crippen LogP contribution in [0.2, 0.25) is 0 Å². The van der Waals surface area contributed by atoms with Crippen LogP contribution < -0.4 is 10.6 Å². The highest BCUT2D eigenvalue weighted by Crippen LogP contribution is 2.43. The molecular weight excluding hydrogens is 374 g/mol. The third-order valence-corrected chi connectivity index (χ3v) is 5.21. The fourth-order valence-electron chi connectivity index (χ4n) is 3.66. The van der Waals surface area contributed by atoms with Crippen LogP contribution in [0.3, 0.4) is 0 Å². The van der Waals surface area contributed by atoms with Crippen LogP contribution in [0.25, 0.3) is 5.65 Å². The number of pyridine rings is 1. The highest BCUT2D eigenvalue weighted by atomic mass is 16.5. The molecule has 3 heterocycles. The van der Waals surface area contributed by atoms with Gasteiger partial charge in [-0.15, -0.1) is 0 Å². The molecule has 1 saturated heterocycles. The van der Waals surface area contributed by atoms with Gasteiger partial charge >= 0.3 is 12.1 Å². The number of rotatable bonds is 4. The Morgan fingerprint density at radius 2 is 2.07 bits per heavy atom. The lowest BCUT2D eigenvalue weighted by Crippen LogP contribution is -2.30. The molecule has 0 spiro atoms. The van der Waals surface area contributed by atoms with E-state index < -0.39 is 24.1 Å². The van der Waals surface area contributed by atoms with Crippen molar-refractivity contribution in [1.82, 2.24) is 14.3 Å². The zero-order valence-corrected chi connectivity index (χ0v) is 16.9. The average molecular weight is 401 g/mol. The van der Waals surface area contributed by atoms with Crippen LogP contribution in [0.15, 0.2) is 12.3 Å². The van der Waals surface area contributed by atoms with Crippen LogP contribution in [0, 0.1) is 0 Å². The second-order valence-corrected chi connectivity index (χ2v) is 8.53. The van der Waals surface area contributed by atoms with Gasteiger partial charge in [-0.25, -0.2) is 14.6 Å². The van der Waals surface area contributed by atoms with Crippen molar-refractivity contribution in [2.45, 2.75) is 51.5 Å². The van der Waals surface area contributed by atoms with Crippen LogP contribution in [0.1, 0.15) is 59.2 Å². The van der Waals surface area contributed by atoms with Gasteiger partial charge in [0.25, 0.3) is 0 Å². The first kappa shape index (κ1) is 16.8. The number of primary amides is 1. The van der Waals surface area contributed by atoms with E-state index in [-0.39, 0.29) is 18.1 Å². The summed E-state index contributed by atoms with van der Waals surface area (Å²) in [6.07, 6.45) is 2.65. The van der Waals surface area contributed by atoms with Gasteiger partial charge in [-0.1, -0.05) is 20.8 Å². The molecule has 1 aliphatic heterocycles. The topological polar surface area (TPSA) is 110 Å². The Kier molecular flexibility index (Phi) is 3.75. The average Bonchev–Trinajstić information content (AvgIpc) is 3.35. The number of likely N-dealkylation sites (N-methyl/N-ethyl adjacent to an activating group) is 1. The summed E-state index contributed by atoms with van der Waals surface area (Å²) in [6, 6.07) is 1.36. The van der Waals surface area contributed by atoms with E-state index in [2.05, 4.69) is 4.98 Å². The quantitative estimate of drug-likeness (QED) is 0.792. The summed E-state index contributed by atoms with van der Waals surface area (Å²) in [6.45, 7) is 2.96. The molecular formula is C20H25N5O4. The summed E-state index contributed by atoms with van der Waals surface area (Å²) < 4.78 is 23.1. The van der Waals surface area contributed by atoms with Crippen LogP contribution >= 0.6 is 0 Å². The number of fused-ring (bicyclic) bond motifs is 1. The Hall–Kier alpha value is -3.10. The molecule has 1 saturated carbocycles. The van der Waals surface area contributed by atoms with E-state index in [1.807, 2.05) is 33.0 Å². The van der Waals surface area contributed by atoms with Crippen molar-refractivity contribution in [3.63, 3.8) is 0 Å². The van der Waals surface area contributed by atoms with Crippen molar-refractivity contribution < 1.29 is 21.9 Å². The largest absolute Gasteiger partial charge is 0.443 e. The second-order valence-electron chi connectivity index (χ2n) is 8.53. The van der Waals surface area contributed by atoms with E-state index in [0.29, 0.717) is 22.9 Å². The number of hydrogen-bond donors (Lipinski definition) is 1. The van der Waals surface area contributed by atoms with E-state index in [9.17, 15) is 14.4 Å². The standard InChI is InChI=1S/C20H25N5O4/c1-20(2,3)16-13(10-29-18(21)27)22-17-14(24-9-15(26)23(4)19(24)28)7-12(8-25(16)17)11-5-6-11/h7-8,11H,5-6,9-10H2,1-4H3,(H2,21,27)/i10D2. The maximum atomic E-state index is 12.7. The third kappa shape index (κ3) is 3.30. The van der Waals surface area contributed by atoms with Gasteiger partial charge in [0, 0.05) is 18.7 Å². The van der Waals surface area contributed by atoms with Gasteiger partial charge in [-0.3, -0.25) is 14.6 Å². The molecule has 9 heteroatoms. The molecule has 2 aromatic heterocycles. The van der Waals surface area contributed by atoms with Gasteiger partial charge < -0.3 is 14.9 Å². The molecule has 154 valence electrons. The maximum absolute atomic E-state index is 12.7. The van der Waals surface area contributed by atoms with E-state index in [1.54, 1.807) is 4.40 Å². The molecule has 0 unspecified atom stereocenters. The molecule has 9 nitrogen and oxygen atoms in total. The number of hydrogen-bond acceptors (Lipinski definition) is 5.